The summed E-state index contributed by atoms with van der Waals surface area (Å²) in [6.07, 6.45) is 2.63. The van der Waals surface area contributed by atoms with Gasteiger partial charge in [-0.25, -0.2) is 0 Å². The third kappa shape index (κ3) is 6.71. The smallest absolute Gasteiger partial charge is 0.225 e. The minimum Gasteiger partial charge on any atom is -0.376 e. The fourth-order valence-electron chi connectivity index (χ4n) is 2.92. The Bertz CT molecular complexity index is 458. The molecule has 128 valence electrons. The van der Waals surface area contributed by atoms with Crippen molar-refractivity contribution in [2.45, 2.75) is 33.3 Å². The first-order chi connectivity index (χ1) is 11.1. The Hall–Kier alpha value is -1.39. The number of hydrogen-bond acceptors (Lipinski definition) is 3. The summed E-state index contributed by atoms with van der Waals surface area (Å²) in [6, 6.07) is 10.0. The topological polar surface area (TPSA) is 41.6 Å². The molecule has 0 radical (unpaired) electrons. The first-order valence-electron chi connectivity index (χ1n) is 8.77. The van der Waals surface area contributed by atoms with Gasteiger partial charge in [-0.1, -0.05) is 44.2 Å². The van der Waals surface area contributed by atoms with E-state index in [0.29, 0.717) is 19.1 Å². The van der Waals surface area contributed by atoms with Crippen molar-refractivity contribution in [3.8, 4) is 0 Å². The molecule has 0 unspecified atom stereocenters. The van der Waals surface area contributed by atoms with Crippen LogP contribution in [0.5, 0.6) is 0 Å². The molecule has 1 aliphatic rings. The van der Waals surface area contributed by atoms with E-state index in [4.69, 9.17) is 4.74 Å². The molecule has 23 heavy (non-hydrogen) atoms. The average molecular weight is 318 g/mol. The predicted octanol–water partition coefficient (Wildman–Crippen LogP) is 2.69. The van der Waals surface area contributed by atoms with Crippen LogP contribution in [-0.4, -0.2) is 43.6 Å². The second kappa shape index (κ2) is 9.68. The molecule has 2 atom stereocenters. The lowest BCUT2D eigenvalue weighted by atomic mass is 10.1. The number of carbonyl (C=O) groups excluding carboxylic acids is 1. The van der Waals surface area contributed by atoms with Crippen LogP contribution >= 0.6 is 0 Å². The van der Waals surface area contributed by atoms with Crippen molar-refractivity contribution in [2.24, 2.45) is 11.8 Å². The van der Waals surface area contributed by atoms with E-state index in [9.17, 15) is 4.79 Å². The third-order valence-corrected chi connectivity index (χ3v) is 4.32. The van der Waals surface area contributed by atoms with E-state index in [1.807, 2.05) is 37.3 Å². The molecule has 0 aliphatic carbocycles. The Morgan fingerprint density at radius 2 is 1.91 bits per heavy atom. The molecule has 1 amide bonds. The summed E-state index contributed by atoms with van der Waals surface area (Å²) in [6.45, 7) is 9.40. The first kappa shape index (κ1) is 18.0. The lowest BCUT2D eigenvalue weighted by Gasteiger charge is -2.21. The van der Waals surface area contributed by atoms with E-state index in [0.717, 1.165) is 18.7 Å². The SMILES string of the molecule is C[C@H](CNC(=O)[C@@H](C)COCc1ccccc1)CN1CCCC1. The number of rotatable bonds is 9. The van der Waals surface area contributed by atoms with Crippen molar-refractivity contribution in [3.05, 3.63) is 35.9 Å². The van der Waals surface area contributed by atoms with Gasteiger partial charge in [-0.2, -0.15) is 0 Å². The number of hydrogen-bond donors (Lipinski definition) is 1. The highest BCUT2D eigenvalue weighted by atomic mass is 16.5. The van der Waals surface area contributed by atoms with E-state index in [1.54, 1.807) is 0 Å². The molecule has 0 bridgehead atoms. The largest absolute Gasteiger partial charge is 0.376 e. The van der Waals surface area contributed by atoms with Crippen LogP contribution in [0.1, 0.15) is 32.3 Å². The Labute approximate surface area is 140 Å². The highest BCUT2D eigenvalue weighted by molar-refractivity contribution is 5.78. The summed E-state index contributed by atoms with van der Waals surface area (Å²) in [7, 11) is 0. The van der Waals surface area contributed by atoms with E-state index in [2.05, 4.69) is 17.1 Å². The Kier molecular flexibility index (Phi) is 7.56. The fraction of sp³-hybridized carbons (Fsp3) is 0.632. The third-order valence-electron chi connectivity index (χ3n) is 4.32. The highest BCUT2D eigenvalue weighted by Gasteiger charge is 2.17. The van der Waals surface area contributed by atoms with E-state index in [1.165, 1.54) is 25.9 Å². The average Bonchev–Trinajstić information content (AvgIpc) is 3.06. The van der Waals surface area contributed by atoms with Gasteiger partial charge in [0.25, 0.3) is 0 Å². The van der Waals surface area contributed by atoms with Crippen molar-refractivity contribution < 1.29 is 9.53 Å². The molecule has 1 fully saturated rings. The van der Waals surface area contributed by atoms with Gasteiger partial charge in [0.2, 0.25) is 5.91 Å². The summed E-state index contributed by atoms with van der Waals surface area (Å²) in [4.78, 5) is 14.6. The minimum atomic E-state index is -0.113. The van der Waals surface area contributed by atoms with Crippen LogP contribution < -0.4 is 5.32 Å². The Morgan fingerprint density at radius 1 is 1.22 bits per heavy atom. The van der Waals surface area contributed by atoms with Gasteiger partial charge in [0.15, 0.2) is 0 Å². The van der Waals surface area contributed by atoms with Gasteiger partial charge in [0, 0.05) is 13.1 Å². The normalized spacial score (nSPS) is 17.8. The lowest BCUT2D eigenvalue weighted by molar-refractivity contribution is -0.126. The summed E-state index contributed by atoms with van der Waals surface area (Å²) in [5.74, 6) is 0.471. The van der Waals surface area contributed by atoms with Crippen LogP contribution in [0.25, 0.3) is 0 Å². The highest BCUT2D eigenvalue weighted by Crippen LogP contribution is 2.10. The molecule has 0 aromatic heterocycles. The van der Waals surface area contributed by atoms with Gasteiger partial charge in [0.1, 0.15) is 0 Å². The number of nitrogens with zero attached hydrogens (tertiary/aromatic N) is 1. The Balaban J connectivity index is 1.58. The summed E-state index contributed by atoms with van der Waals surface area (Å²) < 4.78 is 5.65. The summed E-state index contributed by atoms with van der Waals surface area (Å²) in [5.41, 5.74) is 1.14. The van der Waals surface area contributed by atoms with E-state index in [-0.39, 0.29) is 11.8 Å². The van der Waals surface area contributed by atoms with Gasteiger partial charge in [-0.3, -0.25) is 4.79 Å². The molecule has 1 aromatic rings. The molecule has 4 heteroatoms. The van der Waals surface area contributed by atoms with Crippen LogP contribution in [0, 0.1) is 11.8 Å². The zero-order valence-electron chi connectivity index (χ0n) is 14.5. The fourth-order valence-corrected chi connectivity index (χ4v) is 2.92. The van der Waals surface area contributed by atoms with Gasteiger partial charge in [0.05, 0.1) is 19.1 Å². The van der Waals surface area contributed by atoms with Crippen molar-refractivity contribution >= 4 is 5.91 Å². The summed E-state index contributed by atoms with van der Waals surface area (Å²) >= 11 is 0. The molecule has 1 N–H and O–H groups in total. The van der Waals surface area contributed by atoms with E-state index >= 15 is 0 Å². The molecule has 1 aliphatic heterocycles. The second-order valence-corrected chi connectivity index (χ2v) is 6.76. The van der Waals surface area contributed by atoms with Crippen LogP contribution in [0.3, 0.4) is 0 Å². The molecule has 0 spiro atoms. The van der Waals surface area contributed by atoms with Gasteiger partial charge in [-0.05, 0) is 37.4 Å². The molecule has 0 saturated carbocycles. The maximum atomic E-state index is 12.1. The number of carbonyl (C=O) groups is 1. The molecule has 4 nitrogen and oxygen atoms in total. The second-order valence-electron chi connectivity index (χ2n) is 6.76. The number of nitrogens with one attached hydrogen (secondary N) is 1. The summed E-state index contributed by atoms with van der Waals surface area (Å²) in [5, 5.41) is 3.06. The van der Waals surface area contributed by atoms with Crippen LogP contribution in [-0.2, 0) is 16.1 Å². The van der Waals surface area contributed by atoms with Crippen LogP contribution in [0.4, 0.5) is 0 Å². The predicted molar refractivity (Wildman–Crippen MR) is 93.1 cm³/mol. The maximum Gasteiger partial charge on any atom is 0.225 e. The number of benzene rings is 1. The molecule has 1 heterocycles. The van der Waals surface area contributed by atoms with Crippen LogP contribution in [0.2, 0.25) is 0 Å². The minimum absolute atomic E-state index is 0.0892. The lowest BCUT2D eigenvalue weighted by Crippen LogP contribution is -2.37. The van der Waals surface area contributed by atoms with Gasteiger partial charge >= 0.3 is 0 Å². The standard InChI is InChI=1S/C19H30N2O2/c1-16(13-21-10-6-7-11-21)12-20-19(22)17(2)14-23-15-18-8-4-3-5-9-18/h3-5,8-9,16-17H,6-7,10-15H2,1-2H3,(H,20,22)/t16-,17+/m1/s1. The first-order valence-corrected chi connectivity index (χ1v) is 8.77. The zero-order valence-corrected chi connectivity index (χ0v) is 14.5. The quantitative estimate of drug-likeness (QED) is 0.761. The van der Waals surface area contributed by atoms with E-state index < -0.39 is 0 Å². The van der Waals surface area contributed by atoms with Crippen molar-refractivity contribution in [1.29, 1.82) is 0 Å². The molecular weight excluding hydrogens is 288 g/mol. The van der Waals surface area contributed by atoms with Crippen molar-refractivity contribution in [3.63, 3.8) is 0 Å². The van der Waals surface area contributed by atoms with Gasteiger partial charge < -0.3 is 15.0 Å². The van der Waals surface area contributed by atoms with Gasteiger partial charge in [-0.15, -0.1) is 0 Å². The maximum absolute atomic E-state index is 12.1. The van der Waals surface area contributed by atoms with Crippen LogP contribution in [0.15, 0.2) is 30.3 Å². The van der Waals surface area contributed by atoms with Crippen molar-refractivity contribution in [2.75, 3.05) is 32.8 Å². The monoisotopic (exact) mass is 318 g/mol. The zero-order chi connectivity index (χ0) is 16.5. The molecular formula is C19H30N2O2. The number of amides is 1. The number of likely N-dealkylation sites (tertiary alicyclic amines) is 1. The Morgan fingerprint density at radius 3 is 2.61 bits per heavy atom. The molecule has 1 aromatic carbocycles. The number of ether oxygens (including phenoxy) is 1. The molecule has 2 rings (SSSR count). The van der Waals surface area contributed by atoms with Crippen molar-refractivity contribution in [1.82, 2.24) is 10.2 Å². The molecule has 1 saturated heterocycles.